The molecule has 0 saturated heterocycles. The molecule has 15 heavy (non-hydrogen) atoms. The summed E-state index contributed by atoms with van der Waals surface area (Å²) in [5, 5.41) is 9.06. The van der Waals surface area contributed by atoms with E-state index in [-0.39, 0.29) is 6.54 Å². The molecular formula is C11H16N2O2. The smallest absolute Gasteiger partial charge is 0.311 e. The van der Waals surface area contributed by atoms with Crippen LogP contribution in [0.4, 0.5) is 0 Å². The van der Waals surface area contributed by atoms with Crippen molar-refractivity contribution in [1.29, 1.82) is 0 Å². The largest absolute Gasteiger partial charge is 0.481 e. The maximum absolute atomic E-state index is 11.0. The zero-order valence-electron chi connectivity index (χ0n) is 9.03. The lowest BCUT2D eigenvalue weighted by Gasteiger charge is -2.22. The molecule has 1 atom stereocenters. The molecule has 3 N–H and O–H groups in total. The Morgan fingerprint density at radius 2 is 2.27 bits per heavy atom. The summed E-state index contributed by atoms with van der Waals surface area (Å²) < 4.78 is 0. The summed E-state index contributed by atoms with van der Waals surface area (Å²) in [6.07, 6.45) is 0.362. The van der Waals surface area contributed by atoms with Crippen LogP contribution in [0.5, 0.6) is 0 Å². The summed E-state index contributed by atoms with van der Waals surface area (Å²) in [5.41, 5.74) is 6.21. The Balaban J connectivity index is 2.89. The third-order valence-electron chi connectivity index (χ3n) is 2.48. The maximum Gasteiger partial charge on any atom is 0.311 e. The average Bonchev–Trinajstić information content (AvgIpc) is 2.17. The topological polar surface area (TPSA) is 76.2 Å². The third kappa shape index (κ3) is 2.76. The predicted molar refractivity (Wildman–Crippen MR) is 57.5 cm³/mol. The Morgan fingerprint density at radius 3 is 2.73 bits per heavy atom. The van der Waals surface area contributed by atoms with Crippen LogP contribution in [0.25, 0.3) is 0 Å². The summed E-state index contributed by atoms with van der Waals surface area (Å²) in [7, 11) is 0. The van der Waals surface area contributed by atoms with E-state index in [0.29, 0.717) is 6.42 Å². The molecule has 0 fully saturated rings. The quantitative estimate of drug-likeness (QED) is 0.773. The molecule has 1 rings (SSSR count). The van der Waals surface area contributed by atoms with Crippen molar-refractivity contribution in [1.82, 2.24) is 4.98 Å². The molecule has 0 saturated carbocycles. The van der Waals surface area contributed by atoms with E-state index in [1.807, 2.05) is 25.1 Å². The van der Waals surface area contributed by atoms with E-state index in [2.05, 4.69) is 4.98 Å². The number of nitrogens with zero attached hydrogens (tertiary/aromatic N) is 1. The van der Waals surface area contributed by atoms with E-state index < -0.39 is 11.4 Å². The molecule has 4 heteroatoms. The van der Waals surface area contributed by atoms with Crippen molar-refractivity contribution in [2.45, 2.75) is 20.3 Å². The maximum atomic E-state index is 11.0. The van der Waals surface area contributed by atoms with Crippen molar-refractivity contribution in [3.8, 4) is 0 Å². The molecule has 0 bridgehead atoms. The molecule has 0 aliphatic rings. The molecule has 1 heterocycles. The lowest BCUT2D eigenvalue weighted by molar-refractivity contribution is -0.147. The lowest BCUT2D eigenvalue weighted by atomic mass is 9.85. The minimum Gasteiger partial charge on any atom is -0.481 e. The van der Waals surface area contributed by atoms with E-state index in [9.17, 15) is 4.79 Å². The van der Waals surface area contributed by atoms with E-state index in [0.717, 1.165) is 11.4 Å². The van der Waals surface area contributed by atoms with Gasteiger partial charge < -0.3 is 10.8 Å². The van der Waals surface area contributed by atoms with Gasteiger partial charge in [-0.1, -0.05) is 6.07 Å². The second-order valence-electron chi connectivity index (χ2n) is 4.02. The van der Waals surface area contributed by atoms with Gasteiger partial charge in [-0.3, -0.25) is 9.78 Å². The van der Waals surface area contributed by atoms with Crippen molar-refractivity contribution in [3.05, 3.63) is 29.6 Å². The molecule has 0 aliphatic heterocycles. The average molecular weight is 208 g/mol. The number of hydrogen-bond donors (Lipinski definition) is 2. The van der Waals surface area contributed by atoms with Crippen LogP contribution in [0.3, 0.4) is 0 Å². The Bertz CT molecular complexity index is 365. The molecule has 4 nitrogen and oxygen atoms in total. The van der Waals surface area contributed by atoms with E-state index in [1.54, 1.807) is 6.92 Å². The van der Waals surface area contributed by atoms with E-state index >= 15 is 0 Å². The minimum absolute atomic E-state index is 0.109. The Labute approximate surface area is 89.1 Å². The number of nitrogens with two attached hydrogens (primary N) is 1. The highest BCUT2D eigenvalue weighted by Crippen LogP contribution is 2.20. The van der Waals surface area contributed by atoms with Gasteiger partial charge >= 0.3 is 5.97 Å². The highest BCUT2D eigenvalue weighted by Gasteiger charge is 2.32. The number of aromatic nitrogens is 1. The molecule has 0 aliphatic carbocycles. The predicted octanol–water partition coefficient (Wildman–Crippen LogP) is 0.982. The van der Waals surface area contributed by atoms with Crippen LogP contribution < -0.4 is 5.73 Å². The number of carboxylic acids is 1. The van der Waals surface area contributed by atoms with Crippen molar-refractivity contribution in [2.24, 2.45) is 11.1 Å². The van der Waals surface area contributed by atoms with E-state index in [4.69, 9.17) is 10.8 Å². The van der Waals surface area contributed by atoms with Crippen LogP contribution in [0.15, 0.2) is 18.2 Å². The fourth-order valence-electron chi connectivity index (χ4n) is 1.33. The molecule has 0 amide bonds. The highest BCUT2D eigenvalue weighted by molar-refractivity contribution is 5.74. The van der Waals surface area contributed by atoms with Crippen LogP contribution >= 0.6 is 0 Å². The van der Waals surface area contributed by atoms with Gasteiger partial charge in [0, 0.05) is 24.4 Å². The van der Waals surface area contributed by atoms with Crippen LogP contribution in [-0.4, -0.2) is 22.6 Å². The van der Waals surface area contributed by atoms with Crippen LogP contribution in [-0.2, 0) is 11.2 Å². The number of aryl methyl sites for hydroxylation is 1. The van der Waals surface area contributed by atoms with Gasteiger partial charge in [0.2, 0.25) is 0 Å². The molecule has 1 aromatic heterocycles. The van der Waals surface area contributed by atoms with Gasteiger partial charge in [0.1, 0.15) is 0 Å². The molecule has 1 unspecified atom stereocenters. The van der Waals surface area contributed by atoms with Gasteiger partial charge in [-0.05, 0) is 26.0 Å². The fraction of sp³-hybridized carbons (Fsp3) is 0.455. The lowest BCUT2D eigenvalue weighted by Crippen LogP contribution is -2.37. The van der Waals surface area contributed by atoms with Gasteiger partial charge in [0.25, 0.3) is 0 Å². The van der Waals surface area contributed by atoms with Crippen molar-refractivity contribution in [2.75, 3.05) is 6.54 Å². The molecule has 0 aromatic carbocycles. The van der Waals surface area contributed by atoms with Gasteiger partial charge in [-0.25, -0.2) is 0 Å². The molecule has 82 valence electrons. The fourth-order valence-corrected chi connectivity index (χ4v) is 1.33. The van der Waals surface area contributed by atoms with Gasteiger partial charge in [-0.15, -0.1) is 0 Å². The number of carboxylic acid groups (broad SMARTS) is 1. The summed E-state index contributed by atoms with van der Waals surface area (Å²) >= 11 is 0. The standard InChI is InChI=1S/C11H16N2O2/c1-8-4-3-5-9(13-8)6-11(2,7-12)10(14)15/h3-5H,6-7,12H2,1-2H3,(H,14,15). The Kier molecular flexibility index (Phi) is 3.42. The normalized spacial score (nSPS) is 14.6. The van der Waals surface area contributed by atoms with E-state index in [1.165, 1.54) is 0 Å². The van der Waals surface area contributed by atoms with Crippen molar-refractivity contribution < 1.29 is 9.90 Å². The Hall–Kier alpha value is -1.42. The summed E-state index contributed by atoms with van der Waals surface area (Å²) in [6.45, 7) is 3.63. The zero-order chi connectivity index (χ0) is 11.5. The summed E-state index contributed by atoms with van der Waals surface area (Å²) in [6, 6.07) is 5.57. The monoisotopic (exact) mass is 208 g/mol. The third-order valence-corrected chi connectivity index (χ3v) is 2.48. The van der Waals surface area contributed by atoms with Gasteiger partial charge in [0.15, 0.2) is 0 Å². The Morgan fingerprint density at radius 1 is 1.60 bits per heavy atom. The first-order valence-corrected chi connectivity index (χ1v) is 4.84. The number of rotatable bonds is 4. The number of pyridine rings is 1. The van der Waals surface area contributed by atoms with Gasteiger partial charge in [-0.2, -0.15) is 0 Å². The minimum atomic E-state index is -0.930. The zero-order valence-corrected chi connectivity index (χ0v) is 9.03. The molecule has 0 spiro atoms. The second-order valence-corrected chi connectivity index (χ2v) is 4.02. The van der Waals surface area contributed by atoms with Crippen molar-refractivity contribution in [3.63, 3.8) is 0 Å². The second kappa shape index (κ2) is 4.40. The number of aliphatic carboxylic acids is 1. The molecule has 0 radical (unpaired) electrons. The highest BCUT2D eigenvalue weighted by atomic mass is 16.4. The van der Waals surface area contributed by atoms with Crippen molar-refractivity contribution >= 4 is 5.97 Å². The first-order valence-electron chi connectivity index (χ1n) is 4.84. The SMILES string of the molecule is Cc1cccc(CC(C)(CN)C(=O)O)n1. The number of carbonyl (C=O) groups is 1. The molecular weight excluding hydrogens is 192 g/mol. The van der Waals surface area contributed by atoms with Crippen LogP contribution in [0, 0.1) is 12.3 Å². The first kappa shape index (κ1) is 11.7. The summed E-state index contributed by atoms with van der Waals surface area (Å²) in [4.78, 5) is 15.3. The summed E-state index contributed by atoms with van der Waals surface area (Å²) in [5.74, 6) is -0.881. The van der Waals surface area contributed by atoms with Crippen LogP contribution in [0.2, 0.25) is 0 Å². The molecule has 1 aromatic rings. The van der Waals surface area contributed by atoms with Crippen LogP contribution in [0.1, 0.15) is 18.3 Å². The van der Waals surface area contributed by atoms with Gasteiger partial charge in [0.05, 0.1) is 5.41 Å². The number of hydrogen-bond acceptors (Lipinski definition) is 3. The first-order chi connectivity index (χ1) is 6.98.